The predicted octanol–water partition coefficient (Wildman–Crippen LogP) is 6.12. The first-order chi connectivity index (χ1) is 19.5. The third kappa shape index (κ3) is 5.94. The molecule has 0 radical (unpaired) electrons. The molecular weight excluding hydrogens is 566 g/mol. The highest BCUT2D eigenvalue weighted by atomic mass is 79.9. The van der Waals surface area contributed by atoms with E-state index in [1.165, 1.54) is 0 Å². The number of nitrogens with zero attached hydrogens (tertiary/aromatic N) is 2. The minimum atomic E-state index is -0.744. The molecule has 4 aromatic carbocycles. The Morgan fingerprint density at radius 1 is 0.900 bits per heavy atom. The highest BCUT2D eigenvalue weighted by Gasteiger charge is 2.35. The highest BCUT2D eigenvalue weighted by Crippen LogP contribution is 2.37. The second-order valence-corrected chi connectivity index (χ2v) is 11.0. The number of benzene rings is 4. The second kappa shape index (κ2) is 12.5. The van der Waals surface area contributed by atoms with Crippen LogP contribution < -0.4 is 10.2 Å². The Kier molecular flexibility index (Phi) is 8.60. The summed E-state index contributed by atoms with van der Waals surface area (Å²) in [4.78, 5) is 44.5. The maximum atomic E-state index is 14.2. The molecule has 1 aliphatic heterocycles. The van der Waals surface area contributed by atoms with E-state index < -0.39 is 6.04 Å². The van der Waals surface area contributed by atoms with E-state index in [0.717, 1.165) is 44.9 Å². The standard InChI is InChI=1S/C33H32BrN3O3/c1-2-3-19-35-32(39)29(20-23-9-5-4-6-10-23)36(21-24-15-17-26(34)18-16-24)30(38)22-37-28-14-8-12-25-11-7-13-27(31(25)28)33(37)40/h4-18,29H,2-3,19-22H2,1H3,(H,35,39)/t29-/m1/s1. The minimum Gasteiger partial charge on any atom is -0.354 e. The molecular formula is C33H32BrN3O3. The van der Waals surface area contributed by atoms with Crippen molar-refractivity contribution in [2.24, 2.45) is 0 Å². The SMILES string of the molecule is CCCCNC(=O)[C@@H](Cc1ccccc1)N(Cc1ccc(Br)cc1)C(=O)CN1C(=O)c2cccc3cccc1c23. The number of rotatable bonds is 11. The van der Waals surface area contributed by atoms with Crippen molar-refractivity contribution in [3.8, 4) is 0 Å². The van der Waals surface area contributed by atoms with Gasteiger partial charge in [-0.15, -0.1) is 0 Å². The molecule has 0 aliphatic carbocycles. The molecule has 1 atom stereocenters. The Labute approximate surface area is 243 Å². The Hall–Kier alpha value is -3.97. The van der Waals surface area contributed by atoms with Crippen molar-refractivity contribution in [3.63, 3.8) is 0 Å². The molecule has 0 bridgehead atoms. The van der Waals surface area contributed by atoms with Crippen LogP contribution in [0, 0.1) is 0 Å². The van der Waals surface area contributed by atoms with Gasteiger partial charge in [0.15, 0.2) is 0 Å². The smallest absolute Gasteiger partial charge is 0.259 e. The molecule has 6 nitrogen and oxygen atoms in total. The number of carbonyl (C=O) groups excluding carboxylic acids is 3. The fourth-order valence-corrected chi connectivity index (χ4v) is 5.47. The lowest BCUT2D eigenvalue weighted by molar-refractivity contribution is -0.140. The molecule has 1 aliphatic rings. The van der Waals surface area contributed by atoms with Gasteiger partial charge >= 0.3 is 0 Å². The average Bonchev–Trinajstić information content (AvgIpc) is 3.24. The summed E-state index contributed by atoms with van der Waals surface area (Å²) < 4.78 is 0.931. The Morgan fingerprint density at radius 2 is 1.62 bits per heavy atom. The normalized spacial score (nSPS) is 12.9. The van der Waals surface area contributed by atoms with E-state index >= 15 is 0 Å². The van der Waals surface area contributed by atoms with Crippen molar-refractivity contribution >= 4 is 50.1 Å². The number of carbonyl (C=O) groups is 3. The van der Waals surface area contributed by atoms with Crippen LogP contribution >= 0.6 is 15.9 Å². The number of anilines is 1. The maximum absolute atomic E-state index is 14.2. The van der Waals surface area contributed by atoms with Crippen LogP contribution in [0.3, 0.4) is 0 Å². The fraction of sp³-hybridized carbons (Fsp3) is 0.242. The van der Waals surface area contributed by atoms with Gasteiger partial charge in [0.25, 0.3) is 5.91 Å². The van der Waals surface area contributed by atoms with Crippen molar-refractivity contribution in [2.45, 2.75) is 38.8 Å². The van der Waals surface area contributed by atoms with E-state index in [-0.39, 0.29) is 30.8 Å². The van der Waals surface area contributed by atoms with E-state index in [1.807, 2.05) is 84.9 Å². The molecule has 0 saturated carbocycles. The van der Waals surface area contributed by atoms with Crippen molar-refractivity contribution in [1.82, 2.24) is 10.2 Å². The summed E-state index contributed by atoms with van der Waals surface area (Å²) in [5, 5.41) is 4.87. The van der Waals surface area contributed by atoms with Gasteiger partial charge in [0.2, 0.25) is 11.8 Å². The second-order valence-electron chi connectivity index (χ2n) is 10.1. The van der Waals surface area contributed by atoms with Gasteiger partial charge in [-0.2, -0.15) is 0 Å². The molecule has 0 spiro atoms. The summed E-state index contributed by atoms with van der Waals surface area (Å²) in [6.45, 7) is 2.70. The van der Waals surface area contributed by atoms with E-state index in [4.69, 9.17) is 0 Å². The van der Waals surface area contributed by atoms with Gasteiger partial charge in [-0.25, -0.2) is 0 Å². The quantitative estimate of drug-likeness (QED) is 0.212. The predicted molar refractivity (Wildman–Crippen MR) is 162 cm³/mol. The molecule has 5 rings (SSSR count). The van der Waals surface area contributed by atoms with E-state index in [2.05, 4.69) is 28.2 Å². The van der Waals surface area contributed by atoms with Crippen LogP contribution in [0.5, 0.6) is 0 Å². The van der Waals surface area contributed by atoms with Crippen molar-refractivity contribution < 1.29 is 14.4 Å². The van der Waals surface area contributed by atoms with E-state index in [1.54, 1.807) is 15.9 Å². The lowest BCUT2D eigenvalue weighted by Gasteiger charge is -2.33. The zero-order chi connectivity index (χ0) is 28.1. The van der Waals surface area contributed by atoms with Gasteiger partial charge in [-0.05, 0) is 47.2 Å². The van der Waals surface area contributed by atoms with E-state index in [9.17, 15) is 14.4 Å². The van der Waals surface area contributed by atoms with Crippen LogP contribution in [0.1, 0.15) is 41.3 Å². The largest absolute Gasteiger partial charge is 0.354 e. The highest BCUT2D eigenvalue weighted by molar-refractivity contribution is 9.10. The molecule has 4 aromatic rings. The third-order valence-corrected chi connectivity index (χ3v) is 7.84. The van der Waals surface area contributed by atoms with Gasteiger partial charge < -0.3 is 10.2 Å². The van der Waals surface area contributed by atoms with Crippen LogP contribution in [0.2, 0.25) is 0 Å². The maximum Gasteiger partial charge on any atom is 0.259 e. The first kappa shape index (κ1) is 27.6. The lowest BCUT2D eigenvalue weighted by atomic mass is 10.0. The van der Waals surface area contributed by atoms with Gasteiger partial charge in [-0.3, -0.25) is 19.3 Å². The van der Waals surface area contributed by atoms with Gasteiger partial charge in [-0.1, -0.05) is 96.0 Å². The summed E-state index contributed by atoms with van der Waals surface area (Å²) in [5.74, 6) is -0.677. The minimum absolute atomic E-state index is 0.156. The van der Waals surface area contributed by atoms with Gasteiger partial charge in [0.1, 0.15) is 12.6 Å². The first-order valence-corrected chi connectivity index (χ1v) is 14.4. The van der Waals surface area contributed by atoms with Gasteiger partial charge in [0.05, 0.1) is 5.69 Å². The first-order valence-electron chi connectivity index (χ1n) is 13.7. The van der Waals surface area contributed by atoms with Crippen LogP contribution in [0.15, 0.2) is 95.5 Å². The average molecular weight is 599 g/mol. The van der Waals surface area contributed by atoms with Crippen LogP contribution in [-0.4, -0.2) is 41.8 Å². The number of amides is 3. The monoisotopic (exact) mass is 597 g/mol. The molecule has 7 heteroatoms. The van der Waals surface area contributed by atoms with Crippen LogP contribution in [-0.2, 0) is 22.6 Å². The van der Waals surface area contributed by atoms with Crippen molar-refractivity contribution in [3.05, 3.63) is 112 Å². The fourth-order valence-electron chi connectivity index (χ4n) is 5.21. The number of nitrogens with one attached hydrogen (secondary N) is 1. The number of unbranched alkanes of at least 4 members (excludes halogenated alkanes) is 1. The summed E-state index contributed by atoms with van der Waals surface area (Å²) in [6, 6.07) is 28.1. The zero-order valence-corrected chi connectivity index (χ0v) is 24.1. The Bertz CT molecular complexity index is 1520. The summed E-state index contributed by atoms with van der Waals surface area (Å²) >= 11 is 3.48. The molecule has 40 heavy (non-hydrogen) atoms. The van der Waals surface area contributed by atoms with E-state index in [0.29, 0.717) is 18.5 Å². The summed E-state index contributed by atoms with van der Waals surface area (Å²) in [6.07, 6.45) is 2.17. The molecule has 0 saturated heterocycles. The molecule has 3 amide bonds. The number of hydrogen-bond donors (Lipinski definition) is 1. The van der Waals surface area contributed by atoms with Crippen LogP contribution in [0.4, 0.5) is 5.69 Å². The lowest BCUT2D eigenvalue weighted by Crippen LogP contribution is -2.53. The molecule has 0 aromatic heterocycles. The molecule has 1 heterocycles. The molecule has 1 N–H and O–H groups in total. The molecule has 0 fully saturated rings. The van der Waals surface area contributed by atoms with Gasteiger partial charge in [0, 0.05) is 34.9 Å². The Balaban J connectivity index is 1.49. The number of halogens is 1. The van der Waals surface area contributed by atoms with Crippen molar-refractivity contribution in [2.75, 3.05) is 18.0 Å². The Morgan fingerprint density at radius 3 is 2.35 bits per heavy atom. The summed E-state index contributed by atoms with van der Waals surface area (Å²) in [5.41, 5.74) is 3.18. The zero-order valence-electron chi connectivity index (χ0n) is 22.5. The third-order valence-electron chi connectivity index (χ3n) is 7.31. The summed E-state index contributed by atoms with van der Waals surface area (Å²) in [7, 11) is 0. The van der Waals surface area contributed by atoms with Crippen LogP contribution in [0.25, 0.3) is 10.8 Å². The number of hydrogen-bond acceptors (Lipinski definition) is 3. The molecule has 0 unspecified atom stereocenters. The molecule has 204 valence electrons. The topological polar surface area (TPSA) is 69.7 Å². The van der Waals surface area contributed by atoms with Crippen molar-refractivity contribution in [1.29, 1.82) is 0 Å².